The Labute approximate surface area is 331 Å². The Morgan fingerprint density at radius 2 is 1.85 bits per heavy atom. The Bertz CT molecular complexity index is 1880. The molecule has 11 nitrogen and oxygen atoms in total. The highest BCUT2D eigenvalue weighted by Crippen LogP contribution is 2.49. The lowest BCUT2D eigenvalue weighted by Crippen LogP contribution is -2.59. The van der Waals surface area contributed by atoms with Gasteiger partial charge < -0.3 is 19.1 Å². The van der Waals surface area contributed by atoms with Crippen LogP contribution >= 0.6 is 11.6 Å². The number of carbonyl (C=O) groups is 2. The topological polar surface area (TPSA) is 118 Å². The van der Waals surface area contributed by atoms with Crippen molar-refractivity contribution >= 4 is 39.2 Å². The lowest BCUT2D eigenvalue weighted by atomic mass is 9.63. The molecule has 5 aliphatic rings. The first kappa shape index (κ1) is 40.1. The highest BCUT2D eigenvalue weighted by atomic mass is 35.5. The zero-order chi connectivity index (χ0) is 39.0. The summed E-state index contributed by atoms with van der Waals surface area (Å²) in [5, 5.41) is -0.0788. The second-order valence-corrected chi connectivity index (χ2v) is 19.0. The third-order valence-corrected chi connectivity index (χ3v) is 15.4. The molecule has 1 N–H and O–H groups in total. The Kier molecular flexibility index (Phi) is 11.9. The number of methoxy groups -OCH3 is 1. The van der Waals surface area contributed by atoms with Crippen LogP contribution in [-0.2, 0) is 36.1 Å². The molecular formula is C42H57ClN4O7S. The van der Waals surface area contributed by atoms with Gasteiger partial charge in [0.15, 0.2) is 0 Å². The highest BCUT2D eigenvalue weighted by Gasteiger charge is 2.50. The second-order valence-electron chi connectivity index (χ2n) is 16.5. The molecular weight excluding hydrogens is 740 g/mol. The Morgan fingerprint density at radius 3 is 2.58 bits per heavy atom. The summed E-state index contributed by atoms with van der Waals surface area (Å²) in [4.78, 5) is 32.9. The number of benzene rings is 2. The summed E-state index contributed by atoms with van der Waals surface area (Å²) >= 11 is 6.50. The van der Waals surface area contributed by atoms with Crippen molar-refractivity contribution in [1.29, 1.82) is 0 Å². The summed E-state index contributed by atoms with van der Waals surface area (Å²) in [6, 6.07) is 11.5. The summed E-state index contributed by atoms with van der Waals surface area (Å²) in [5.74, 6) is 0.0875. The first-order valence-corrected chi connectivity index (χ1v) is 22.0. The fourth-order valence-corrected chi connectivity index (χ4v) is 11.1. The first-order valence-electron chi connectivity index (χ1n) is 20.0. The van der Waals surface area contributed by atoms with Crippen LogP contribution in [0.15, 0.2) is 48.6 Å². The van der Waals surface area contributed by atoms with Gasteiger partial charge in [0, 0.05) is 68.9 Å². The number of allylic oxidation sites excluding steroid dienone is 1. The number of fused-ring (bicyclic) bond motifs is 4. The Hall–Kier alpha value is -3.16. The van der Waals surface area contributed by atoms with Gasteiger partial charge in [0.2, 0.25) is 10.0 Å². The summed E-state index contributed by atoms with van der Waals surface area (Å²) in [6.45, 7) is 11.8. The van der Waals surface area contributed by atoms with Crippen molar-refractivity contribution in [1.82, 2.24) is 14.5 Å². The third-order valence-electron chi connectivity index (χ3n) is 13.2. The Morgan fingerprint density at radius 1 is 1.07 bits per heavy atom. The standard InChI is InChI=1S/C42H57ClN4O7S/c1-5-53-39(48)25-45-18-20-46(21-19-45)27-42(52-4)17-6-8-29(2)30(3)55(50,51)44-40(49)32-11-15-38-37(23-32)47(24-33-10-13-36(33)42)26-41(28-54-38)16-7-9-31-22-34(43)12-14-35(31)41/h6,11-12,14-15,17,22-23,29-30,33,36H,5,7-10,13,16,18-21,24-28H2,1-4H3,(H,44,49)/b17-6+/t29-,30+,33-,36+,41-,42+/m0/s1. The van der Waals surface area contributed by atoms with Gasteiger partial charge in [-0.05, 0) is 112 Å². The monoisotopic (exact) mass is 796 g/mol. The molecule has 1 saturated carbocycles. The van der Waals surface area contributed by atoms with Crippen molar-refractivity contribution < 1.29 is 32.2 Å². The molecule has 13 heteroatoms. The van der Waals surface area contributed by atoms with Crippen LogP contribution in [0, 0.1) is 17.8 Å². The van der Waals surface area contributed by atoms with E-state index >= 15 is 0 Å². The fourth-order valence-electron chi connectivity index (χ4n) is 9.65. The van der Waals surface area contributed by atoms with E-state index < -0.39 is 26.8 Å². The minimum Gasteiger partial charge on any atom is -0.490 e. The van der Waals surface area contributed by atoms with Crippen molar-refractivity contribution in [3.05, 3.63) is 70.3 Å². The molecule has 2 bridgehead atoms. The molecule has 1 saturated heterocycles. The predicted octanol–water partition coefficient (Wildman–Crippen LogP) is 5.45. The molecule has 3 aliphatic heterocycles. The molecule has 1 spiro atoms. The van der Waals surface area contributed by atoms with E-state index in [1.54, 1.807) is 13.0 Å². The van der Waals surface area contributed by atoms with E-state index in [4.69, 9.17) is 25.8 Å². The van der Waals surface area contributed by atoms with Crippen LogP contribution in [0.25, 0.3) is 0 Å². The number of hydrogen-bond acceptors (Lipinski definition) is 10. The van der Waals surface area contributed by atoms with Crippen LogP contribution in [0.2, 0.25) is 5.02 Å². The molecule has 2 fully saturated rings. The van der Waals surface area contributed by atoms with Crippen molar-refractivity contribution in [3.8, 4) is 5.75 Å². The molecule has 1 amide bonds. The van der Waals surface area contributed by atoms with E-state index in [2.05, 4.69) is 43.7 Å². The van der Waals surface area contributed by atoms with Crippen LogP contribution in [0.1, 0.15) is 74.4 Å². The smallest absolute Gasteiger partial charge is 0.320 e. The zero-order valence-electron chi connectivity index (χ0n) is 32.7. The lowest BCUT2D eigenvalue weighted by Gasteiger charge is -2.52. The maximum Gasteiger partial charge on any atom is 0.320 e. The van der Waals surface area contributed by atoms with E-state index in [0.29, 0.717) is 45.0 Å². The van der Waals surface area contributed by atoms with Gasteiger partial charge in [0.1, 0.15) is 11.4 Å². The zero-order valence-corrected chi connectivity index (χ0v) is 34.3. The Balaban J connectivity index is 1.25. The van der Waals surface area contributed by atoms with Crippen LogP contribution < -0.4 is 14.4 Å². The van der Waals surface area contributed by atoms with E-state index in [-0.39, 0.29) is 34.7 Å². The molecule has 55 heavy (non-hydrogen) atoms. The number of ether oxygens (including phenoxy) is 3. The fraction of sp³-hybridized carbons (Fsp3) is 0.619. The van der Waals surface area contributed by atoms with Crippen molar-refractivity contribution in [2.75, 3.05) is 77.6 Å². The summed E-state index contributed by atoms with van der Waals surface area (Å²) in [7, 11) is -2.18. The van der Waals surface area contributed by atoms with Crippen molar-refractivity contribution in [3.63, 3.8) is 0 Å². The molecule has 0 unspecified atom stereocenters. The average Bonchev–Trinajstić information content (AvgIpc) is 3.29. The molecule has 300 valence electrons. The van der Waals surface area contributed by atoms with Gasteiger partial charge in [-0.3, -0.25) is 19.4 Å². The maximum absolute atomic E-state index is 13.7. The second kappa shape index (κ2) is 16.4. The maximum atomic E-state index is 13.7. The van der Waals surface area contributed by atoms with Crippen molar-refractivity contribution in [2.45, 2.75) is 75.6 Å². The van der Waals surface area contributed by atoms with Gasteiger partial charge in [-0.2, -0.15) is 0 Å². The number of sulfonamides is 1. The van der Waals surface area contributed by atoms with E-state index in [0.717, 1.165) is 75.5 Å². The van der Waals surface area contributed by atoms with E-state index in [1.807, 2.05) is 39.2 Å². The SMILES string of the molecule is CCOC(=O)CN1CCN(C[C@]2(OC)/C=C/C[C@H](C)[C@@H](C)S(=O)(=O)NC(=O)c3ccc4c(c3)N(C[C@@H]3CC[C@H]32)C[C@@]2(CCCc3cc(Cl)ccc32)CO4)CC1. The number of nitrogens with one attached hydrogen (secondary N) is 1. The van der Waals surface area contributed by atoms with Crippen LogP contribution in [0.5, 0.6) is 5.75 Å². The summed E-state index contributed by atoms with van der Waals surface area (Å²) < 4.78 is 48.2. The van der Waals surface area contributed by atoms with Crippen LogP contribution in [0.4, 0.5) is 5.69 Å². The summed E-state index contributed by atoms with van der Waals surface area (Å²) in [6.07, 6.45) is 9.78. The molecule has 2 aliphatic carbocycles. The van der Waals surface area contributed by atoms with Crippen LogP contribution in [-0.4, -0.2) is 114 Å². The normalized spacial score (nSPS) is 31.9. The quantitative estimate of drug-likeness (QED) is 0.299. The third kappa shape index (κ3) is 8.30. The number of esters is 1. The number of hydrogen-bond donors (Lipinski definition) is 1. The number of halogens is 1. The largest absolute Gasteiger partial charge is 0.490 e. The average molecular weight is 797 g/mol. The number of anilines is 1. The van der Waals surface area contributed by atoms with E-state index in [9.17, 15) is 18.0 Å². The molecule has 0 radical (unpaired) electrons. The molecule has 6 atom stereocenters. The molecule has 0 aromatic heterocycles. The minimum absolute atomic E-state index is 0.193. The van der Waals surface area contributed by atoms with E-state index in [1.165, 1.54) is 11.1 Å². The summed E-state index contributed by atoms with van der Waals surface area (Å²) in [5.41, 5.74) is 2.70. The molecule has 3 heterocycles. The number of nitrogens with zero attached hydrogens (tertiary/aromatic N) is 3. The van der Waals surface area contributed by atoms with Gasteiger partial charge in [-0.1, -0.05) is 36.7 Å². The number of piperazine rings is 1. The lowest BCUT2D eigenvalue weighted by molar-refractivity contribution is -0.145. The highest BCUT2D eigenvalue weighted by molar-refractivity contribution is 7.90. The molecule has 2 aromatic carbocycles. The predicted molar refractivity (Wildman–Crippen MR) is 214 cm³/mol. The number of carbonyl (C=O) groups excluding carboxylic acids is 2. The van der Waals surface area contributed by atoms with Gasteiger partial charge in [0.05, 0.1) is 30.7 Å². The molecule has 2 aromatic rings. The van der Waals surface area contributed by atoms with Gasteiger partial charge >= 0.3 is 5.97 Å². The molecule has 7 rings (SSSR count). The van der Waals surface area contributed by atoms with Crippen molar-refractivity contribution in [2.24, 2.45) is 17.8 Å². The first-order chi connectivity index (χ1) is 26.3. The van der Waals surface area contributed by atoms with Crippen LogP contribution in [0.3, 0.4) is 0 Å². The number of aryl methyl sites for hydroxylation is 1. The van der Waals surface area contributed by atoms with Gasteiger partial charge in [-0.15, -0.1) is 0 Å². The number of amides is 1. The number of rotatable bonds is 6. The minimum atomic E-state index is -3.99. The van der Waals surface area contributed by atoms with Gasteiger partial charge in [-0.25, -0.2) is 13.1 Å². The van der Waals surface area contributed by atoms with Gasteiger partial charge in [0.25, 0.3) is 5.91 Å².